The van der Waals surface area contributed by atoms with E-state index in [0.717, 1.165) is 0 Å². The SMILES string of the molecule is COCCNC(=O)c1ccc[c]n1. The summed E-state index contributed by atoms with van der Waals surface area (Å²) in [6.07, 6.45) is 2.59. The maximum absolute atomic E-state index is 11.3. The summed E-state index contributed by atoms with van der Waals surface area (Å²) in [5.74, 6) is -0.200. The number of rotatable bonds is 4. The van der Waals surface area contributed by atoms with Crippen molar-refractivity contribution in [3.63, 3.8) is 0 Å². The van der Waals surface area contributed by atoms with Gasteiger partial charge in [-0.1, -0.05) is 6.07 Å². The van der Waals surface area contributed by atoms with Gasteiger partial charge in [-0.15, -0.1) is 0 Å². The Hall–Kier alpha value is -1.42. The lowest BCUT2D eigenvalue weighted by atomic mass is 10.3. The van der Waals surface area contributed by atoms with Gasteiger partial charge in [0.1, 0.15) is 5.69 Å². The van der Waals surface area contributed by atoms with Gasteiger partial charge in [-0.25, -0.2) is 4.98 Å². The summed E-state index contributed by atoms with van der Waals surface area (Å²) in [4.78, 5) is 15.0. The number of methoxy groups -OCH3 is 1. The van der Waals surface area contributed by atoms with Crippen LogP contribution < -0.4 is 5.32 Å². The number of pyridine rings is 1. The van der Waals surface area contributed by atoms with Crippen LogP contribution in [-0.4, -0.2) is 31.2 Å². The molecule has 0 fully saturated rings. The zero-order valence-corrected chi connectivity index (χ0v) is 7.41. The third-order valence-corrected chi connectivity index (χ3v) is 1.43. The van der Waals surface area contributed by atoms with Crippen molar-refractivity contribution >= 4 is 5.91 Å². The highest BCUT2D eigenvalue weighted by molar-refractivity contribution is 5.92. The third kappa shape index (κ3) is 3.21. The average molecular weight is 179 g/mol. The minimum absolute atomic E-state index is 0.200. The number of carbonyl (C=O) groups excluding carboxylic acids is 1. The lowest BCUT2D eigenvalue weighted by Gasteiger charge is -2.02. The van der Waals surface area contributed by atoms with Crippen molar-refractivity contribution < 1.29 is 9.53 Å². The highest BCUT2D eigenvalue weighted by Gasteiger charge is 2.03. The fourth-order valence-electron chi connectivity index (χ4n) is 0.810. The number of nitrogens with one attached hydrogen (secondary N) is 1. The molecular weight excluding hydrogens is 168 g/mol. The first-order valence-electron chi connectivity index (χ1n) is 3.95. The molecule has 1 heterocycles. The molecule has 4 nitrogen and oxygen atoms in total. The Kier molecular flexibility index (Phi) is 3.92. The summed E-state index contributed by atoms with van der Waals surface area (Å²) < 4.78 is 4.79. The summed E-state index contributed by atoms with van der Waals surface area (Å²) in [6.45, 7) is 0.994. The van der Waals surface area contributed by atoms with Crippen LogP contribution in [0.5, 0.6) is 0 Å². The number of nitrogens with zero attached hydrogens (tertiary/aromatic N) is 1. The molecule has 0 unspecified atom stereocenters. The summed E-state index contributed by atoms with van der Waals surface area (Å²) in [6, 6.07) is 5.00. The molecule has 0 aliphatic heterocycles. The van der Waals surface area contributed by atoms with Crippen molar-refractivity contribution in [2.45, 2.75) is 0 Å². The second kappa shape index (κ2) is 5.27. The van der Waals surface area contributed by atoms with Gasteiger partial charge in [-0.05, 0) is 12.1 Å². The van der Waals surface area contributed by atoms with E-state index in [1.807, 2.05) is 0 Å². The van der Waals surface area contributed by atoms with E-state index in [1.165, 1.54) is 0 Å². The first-order chi connectivity index (χ1) is 6.34. The van der Waals surface area contributed by atoms with Gasteiger partial charge in [0.2, 0.25) is 0 Å². The number of hydrogen-bond donors (Lipinski definition) is 1. The van der Waals surface area contributed by atoms with E-state index >= 15 is 0 Å². The molecule has 1 aromatic rings. The average Bonchev–Trinajstić information content (AvgIpc) is 2.19. The maximum Gasteiger partial charge on any atom is 0.269 e. The number of ether oxygens (including phenoxy) is 1. The van der Waals surface area contributed by atoms with Gasteiger partial charge in [0.15, 0.2) is 0 Å². The zero-order chi connectivity index (χ0) is 9.52. The molecule has 13 heavy (non-hydrogen) atoms. The molecule has 4 heteroatoms. The van der Waals surface area contributed by atoms with E-state index in [0.29, 0.717) is 18.8 Å². The monoisotopic (exact) mass is 179 g/mol. The second-order valence-corrected chi connectivity index (χ2v) is 2.40. The number of aromatic nitrogens is 1. The van der Waals surface area contributed by atoms with Crippen molar-refractivity contribution in [1.29, 1.82) is 0 Å². The van der Waals surface area contributed by atoms with Crippen molar-refractivity contribution in [2.24, 2.45) is 0 Å². The van der Waals surface area contributed by atoms with Crippen LogP contribution in [0.1, 0.15) is 10.5 Å². The van der Waals surface area contributed by atoms with E-state index < -0.39 is 0 Å². The molecule has 69 valence electrons. The van der Waals surface area contributed by atoms with Crippen molar-refractivity contribution in [2.75, 3.05) is 20.3 Å². The minimum atomic E-state index is -0.200. The fraction of sp³-hybridized carbons (Fsp3) is 0.333. The smallest absolute Gasteiger partial charge is 0.269 e. The Bertz CT molecular complexity index is 262. The van der Waals surface area contributed by atoms with Crippen LogP contribution >= 0.6 is 0 Å². The van der Waals surface area contributed by atoms with Crippen molar-refractivity contribution in [3.8, 4) is 0 Å². The molecular formula is C9H11N2O2. The molecule has 0 aromatic carbocycles. The summed E-state index contributed by atoms with van der Waals surface area (Å²) in [5.41, 5.74) is 0.374. The molecule has 1 aromatic heterocycles. The molecule has 0 saturated carbocycles. The van der Waals surface area contributed by atoms with E-state index in [4.69, 9.17) is 4.74 Å². The van der Waals surface area contributed by atoms with E-state index in [1.54, 1.807) is 25.3 Å². The first kappa shape index (κ1) is 9.67. The molecule has 1 N–H and O–H groups in total. The third-order valence-electron chi connectivity index (χ3n) is 1.43. The van der Waals surface area contributed by atoms with Gasteiger partial charge < -0.3 is 10.1 Å². The molecule has 0 bridgehead atoms. The van der Waals surface area contributed by atoms with Crippen LogP contribution in [-0.2, 0) is 4.74 Å². The van der Waals surface area contributed by atoms with Gasteiger partial charge in [-0.3, -0.25) is 4.79 Å². The maximum atomic E-state index is 11.3. The van der Waals surface area contributed by atoms with E-state index in [2.05, 4.69) is 16.5 Å². The number of carbonyl (C=O) groups is 1. The number of hydrogen-bond acceptors (Lipinski definition) is 3. The van der Waals surface area contributed by atoms with Gasteiger partial charge in [-0.2, -0.15) is 0 Å². The lowest BCUT2D eigenvalue weighted by Crippen LogP contribution is -2.27. The minimum Gasteiger partial charge on any atom is -0.383 e. The molecule has 1 rings (SSSR count). The molecule has 1 amide bonds. The Labute approximate surface area is 76.9 Å². The van der Waals surface area contributed by atoms with Gasteiger partial charge in [0, 0.05) is 13.7 Å². The quantitative estimate of drug-likeness (QED) is 0.674. The largest absolute Gasteiger partial charge is 0.383 e. The van der Waals surface area contributed by atoms with Crippen molar-refractivity contribution in [1.82, 2.24) is 10.3 Å². The van der Waals surface area contributed by atoms with Crippen LogP contribution in [0.3, 0.4) is 0 Å². The lowest BCUT2D eigenvalue weighted by molar-refractivity contribution is 0.0932. The predicted octanol–water partition coefficient (Wildman–Crippen LogP) is 0.258. The molecule has 0 aliphatic rings. The second-order valence-electron chi connectivity index (χ2n) is 2.40. The number of amides is 1. The summed E-state index contributed by atoms with van der Waals surface area (Å²) in [7, 11) is 1.58. The van der Waals surface area contributed by atoms with Gasteiger partial charge >= 0.3 is 0 Å². The Morgan fingerprint density at radius 1 is 1.77 bits per heavy atom. The van der Waals surface area contributed by atoms with Crippen LogP contribution in [0.15, 0.2) is 18.2 Å². The van der Waals surface area contributed by atoms with Crippen LogP contribution in [0.4, 0.5) is 0 Å². The first-order valence-corrected chi connectivity index (χ1v) is 3.95. The highest BCUT2D eigenvalue weighted by atomic mass is 16.5. The van der Waals surface area contributed by atoms with Gasteiger partial charge in [0.25, 0.3) is 5.91 Å². The van der Waals surface area contributed by atoms with Crippen LogP contribution in [0.25, 0.3) is 0 Å². The standard InChI is InChI=1S/C9H11N2O2/c1-13-7-6-11-9(12)8-4-2-3-5-10-8/h2-4H,6-7H2,1H3,(H,11,12). The van der Waals surface area contributed by atoms with E-state index in [9.17, 15) is 4.79 Å². The molecule has 1 radical (unpaired) electrons. The van der Waals surface area contributed by atoms with Crippen LogP contribution in [0, 0.1) is 6.20 Å². The summed E-state index contributed by atoms with van der Waals surface area (Å²) >= 11 is 0. The van der Waals surface area contributed by atoms with Crippen LogP contribution in [0.2, 0.25) is 0 Å². The predicted molar refractivity (Wildman–Crippen MR) is 47.3 cm³/mol. The topological polar surface area (TPSA) is 51.2 Å². The Morgan fingerprint density at radius 2 is 2.62 bits per heavy atom. The fourth-order valence-corrected chi connectivity index (χ4v) is 0.810. The van der Waals surface area contributed by atoms with Crippen molar-refractivity contribution in [3.05, 3.63) is 30.1 Å². The molecule has 0 atom stereocenters. The zero-order valence-electron chi connectivity index (χ0n) is 7.41. The Morgan fingerprint density at radius 3 is 3.23 bits per heavy atom. The molecule has 0 saturated heterocycles. The Balaban J connectivity index is 2.40. The highest BCUT2D eigenvalue weighted by Crippen LogP contribution is 1.91. The summed E-state index contributed by atoms with van der Waals surface area (Å²) in [5, 5.41) is 2.65. The normalized spacial score (nSPS) is 9.62. The molecule has 0 spiro atoms. The van der Waals surface area contributed by atoms with Gasteiger partial charge in [0.05, 0.1) is 12.8 Å². The molecule has 0 aliphatic carbocycles. The van der Waals surface area contributed by atoms with E-state index in [-0.39, 0.29) is 5.91 Å².